The van der Waals surface area contributed by atoms with Gasteiger partial charge in [0.05, 0.1) is 11.2 Å². The van der Waals surface area contributed by atoms with Crippen molar-refractivity contribution in [3.05, 3.63) is 76.5 Å². The van der Waals surface area contributed by atoms with Crippen LogP contribution in [-0.4, -0.2) is 20.0 Å². The van der Waals surface area contributed by atoms with E-state index in [0.29, 0.717) is 17.7 Å². The molecule has 2 atom stereocenters. The molecule has 1 aromatic carbocycles. The summed E-state index contributed by atoms with van der Waals surface area (Å²) in [6.07, 6.45) is 6.94. The summed E-state index contributed by atoms with van der Waals surface area (Å²) in [6, 6.07) is 15.1. The van der Waals surface area contributed by atoms with E-state index in [4.69, 9.17) is 0 Å². The summed E-state index contributed by atoms with van der Waals surface area (Å²) < 4.78 is 3.97. The minimum absolute atomic E-state index is 0.0519. The molecule has 2 aliphatic heterocycles. The van der Waals surface area contributed by atoms with Crippen LogP contribution in [0.25, 0.3) is 22.2 Å². The maximum atomic E-state index is 12.3. The Morgan fingerprint density at radius 2 is 2.00 bits per heavy atom. The van der Waals surface area contributed by atoms with Gasteiger partial charge in [0.15, 0.2) is 0 Å². The molecule has 6 rings (SSSR count). The molecule has 128 valence electrons. The van der Waals surface area contributed by atoms with E-state index in [-0.39, 0.29) is 5.56 Å². The molecule has 5 nitrogen and oxygen atoms in total. The van der Waals surface area contributed by atoms with Crippen molar-refractivity contribution < 1.29 is 0 Å². The van der Waals surface area contributed by atoms with Gasteiger partial charge < -0.3 is 9.88 Å². The minimum atomic E-state index is -0.0519. The predicted molar refractivity (Wildman–Crippen MR) is 101 cm³/mol. The highest BCUT2D eigenvalue weighted by molar-refractivity contribution is 5.88. The van der Waals surface area contributed by atoms with E-state index in [9.17, 15) is 4.79 Å². The molecule has 2 aliphatic rings. The third-order valence-electron chi connectivity index (χ3n) is 5.88. The van der Waals surface area contributed by atoms with Crippen molar-refractivity contribution in [2.24, 2.45) is 0 Å². The average molecular weight is 342 g/mol. The highest BCUT2D eigenvalue weighted by atomic mass is 16.1. The maximum Gasteiger partial charge on any atom is 0.257 e. The Bertz CT molecular complexity index is 1240. The summed E-state index contributed by atoms with van der Waals surface area (Å²) in [5.74, 6) is 0. The summed E-state index contributed by atoms with van der Waals surface area (Å²) >= 11 is 0. The zero-order chi connectivity index (χ0) is 17.3. The van der Waals surface area contributed by atoms with Gasteiger partial charge in [-0.25, -0.2) is 4.98 Å². The number of benzene rings is 1. The molecule has 0 radical (unpaired) electrons. The van der Waals surface area contributed by atoms with Crippen LogP contribution in [-0.2, 0) is 6.42 Å². The van der Waals surface area contributed by atoms with Gasteiger partial charge in [-0.15, -0.1) is 0 Å². The van der Waals surface area contributed by atoms with E-state index in [1.165, 1.54) is 41.1 Å². The molecule has 3 aromatic heterocycles. The third-order valence-corrected chi connectivity index (χ3v) is 5.88. The maximum absolute atomic E-state index is 12.3. The topological polar surface area (TPSA) is 51.3 Å². The number of fused-ring (bicyclic) bond motifs is 7. The van der Waals surface area contributed by atoms with Crippen LogP contribution in [0.4, 0.5) is 0 Å². The number of rotatable bonds is 1. The molecular formula is C21H18N4O. The molecule has 5 heteroatoms. The molecule has 4 aromatic rings. The molecule has 2 bridgehead atoms. The van der Waals surface area contributed by atoms with E-state index in [0.717, 1.165) is 12.1 Å². The van der Waals surface area contributed by atoms with Crippen LogP contribution in [0.1, 0.15) is 30.1 Å². The first-order valence-corrected chi connectivity index (χ1v) is 9.16. The number of pyridine rings is 1. The summed E-state index contributed by atoms with van der Waals surface area (Å²) in [5, 5.41) is 5.08. The lowest BCUT2D eigenvalue weighted by Crippen LogP contribution is -2.32. The molecule has 0 saturated carbocycles. The Morgan fingerprint density at radius 1 is 1.08 bits per heavy atom. The minimum Gasteiger partial charge on any atom is -0.312 e. The Hall–Kier alpha value is -2.92. The molecule has 1 fully saturated rings. The molecule has 0 aliphatic carbocycles. The van der Waals surface area contributed by atoms with Gasteiger partial charge in [0.2, 0.25) is 0 Å². The first-order valence-electron chi connectivity index (χ1n) is 9.16. The van der Waals surface area contributed by atoms with Crippen LogP contribution in [0.2, 0.25) is 0 Å². The number of para-hydroxylation sites is 1. The summed E-state index contributed by atoms with van der Waals surface area (Å²) in [4.78, 5) is 16.6. The van der Waals surface area contributed by atoms with Crippen molar-refractivity contribution >= 4 is 16.6 Å². The number of nitrogens with zero attached hydrogens (tertiary/aromatic N) is 3. The second-order valence-electron chi connectivity index (χ2n) is 7.31. The van der Waals surface area contributed by atoms with Crippen molar-refractivity contribution in [2.75, 3.05) is 0 Å². The van der Waals surface area contributed by atoms with Crippen molar-refractivity contribution in [3.63, 3.8) is 0 Å². The lowest BCUT2D eigenvalue weighted by Gasteiger charge is -2.24. The molecule has 5 heterocycles. The van der Waals surface area contributed by atoms with E-state index < -0.39 is 0 Å². The quantitative estimate of drug-likeness (QED) is 0.579. The lowest BCUT2D eigenvalue weighted by molar-refractivity contribution is 0.508. The average Bonchev–Trinajstić information content (AvgIpc) is 3.21. The number of nitrogens with one attached hydrogen (secondary N) is 1. The zero-order valence-corrected chi connectivity index (χ0v) is 14.2. The molecule has 0 amide bonds. The van der Waals surface area contributed by atoms with E-state index >= 15 is 0 Å². The van der Waals surface area contributed by atoms with Gasteiger partial charge in [-0.3, -0.25) is 9.20 Å². The molecule has 1 saturated heterocycles. The first-order chi connectivity index (χ1) is 12.8. The number of hydrogen-bond acceptors (Lipinski definition) is 3. The Kier molecular flexibility index (Phi) is 2.77. The Balaban J connectivity index is 1.70. The smallest absolute Gasteiger partial charge is 0.257 e. The van der Waals surface area contributed by atoms with Crippen LogP contribution in [0, 0.1) is 0 Å². The second kappa shape index (κ2) is 5.05. The van der Waals surface area contributed by atoms with Crippen molar-refractivity contribution in [1.29, 1.82) is 0 Å². The monoisotopic (exact) mass is 342 g/mol. The summed E-state index contributed by atoms with van der Waals surface area (Å²) in [6.45, 7) is 0. The van der Waals surface area contributed by atoms with Crippen LogP contribution >= 0.6 is 0 Å². The van der Waals surface area contributed by atoms with Crippen molar-refractivity contribution in [1.82, 2.24) is 19.3 Å². The van der Waals surface area contributed by atoms with Crippen LogP contribution in [0.15, 0.2) is 59.7 Å². The summed E-state index contributed by atoms with van der Waals surface area (Å²) in [5.41, 5.74) is 5.67. The molecule has 1 N–H and O–H groups in total. The van der Waals surface area contributed by atoms with Gasteiger partial charge in [0.25, 0.3) is 5.56 Å². The van der Waals surface area contributed by atoms with E-state index in [2.05, 4.69) is 45.2 Å². The molecular weight excluding hydrogens is 324 g/mol. The largest absolute Gasteiger partial charge is 0.312 e. The molecule has 0 spiro atoms. The fourth-order valence-corrected chi connectivity index (χ4v) is 4.80. The number of aromatic nitrogens is 3. The van der Waals surface area contributed by atoms with E-state index in [1.807, 2.05) is 12.3 Å². The first kappa shape index (κ1) is 14.3. The fourth-order valence-electron chi connectivity index (χ4n) is 4.80. The van der Waals surface area contributed by atoms with Gasteiger partial charge in [-0.05, 0) is 36.6 Å². The standard InChI is InChI=1S/C21H18N4O/c26-20-9-10-22-19-8-6-14(12-24(19)20)25-17-4-2-1-3-15(17)21-16-7-5-13(23-16)11-18(21)25/h1-4,6,8-10,12-13,16,23H,5,7,11H2/t13-,16+/m1/s1. The predicted octanol–water partition coefficient (Wildman–Crippen LogP) is 2.99. The fraction of sp³-hybridized carbons (Fsp3) is 0.238. The lowest BCUT2D eigenvalue weighted by atomic mass is 9.99. The Labute approximate surface area is 149 Å². The number of hydrogen-bond donors (Lipinski definition) is 1. The van der Waals surface area contributed by atoms with Gasteiger partial charge in [-0.2, -0.15) is 0 Å². The highest BCUT2D eigenvalue weighted by Gasteiger charge is 2.36. The highest BCUT2D eigenvalue weighted by Crippen LogP contribution is 2.42. The zero-order valence-electron chi connectivity index (χ0n) is 14.2. The van der Waals surface area contributed by atoms with Crippen molar-refractivity contribution in [2.45, 2.75) is 31.3 Å². The van der Waals surface area contributed by atoms with Gasteiger partial charge in [0, 0.05) is 48.0 Å². The van der Waals surface area contributed by atoms with Gasteiger partial charge in [-0.1, -0.05) is 18.2 Å². The van der Waals surface area contributed by atoms with Gasteiger partial charge in [0.1, 0.15) is 5.65 Å². The van der Waals surface area contributed by atoms with E-state index in [1.54, 1.807) is 10.6 Å². The third kappa shape index (κ3) is 1.83. The normalized spacial score (nSPS) is 21.4. The van der Waals surface area contributed by atoms with Crippen molar-refractivity contribution in [3.8, 4) is 5.69 Å². The summed E-state index contributed by atoms with van der Waals surface area (Å²) in [7, 11) is 0. The second-order valence-corrected chi connectivity index (χ2v) is 7.31. The van der Waals surface area contributed by atoms with Crippen LogP contribution < -0.4 is 10.9 Å². The Morgan fingerprint density at radius 3 is 2.96 bits per heavy atom. The van der Waals surface area contributed by atoms with Crippen LogP contribution in [0.5, 0.6) is 0 Å². The molecule has 0 unspecified atom stereocenters. The molecule has 26 heavy (non-hydrogen) atoms. The SMILES string of the molecule is O=c1ccnc2ccc(-n3c4c(c5ccccc53)[C@@H]3CC[C@H](C4)N3)cn12. The van der Waals surface area contributed by atoms with Gasteiger partial charge >= 0.3 is 0 Å². The van der Waals surface area contributed by atoms with Crippen LogP contribution in [0.3, 0.4) is 0 Å².